The van der Waals surface area contributed by atoms with Crippen molar-refractivity contribution in [3.8, 4) is 0 Å². The third-order valence-electron chi connectivity index (χ3n) is 3.57. The summed E-state index contributed by atoms with van der Waals surface area (Å²) in [4.78, 5) is 11.6. The number of anilines is 1. The zero-order chi connectivity index (χ0) is 14.5. The van der Waals surface area contributed by atoms with Gasteiger partial charge in [-0.05, 0) is 25.0 Å². The van der Waals surface area contributed by atoms with Crippen LogP contribution in [0, 0.1) is 17.6 Å². The Hall–Kier alpha value is -1.69. The Morgan fingerprint density at radius 3 is 2.75 bits per heavy atom. The Morgan fingerprint density at radius 2 is 2.05 bits per heavy atom. The van der Waals surface area contributed by atoms with Gasteiger partial charge in [-0.3, -0.25) is 0 Å². The van der Waals surface area contributed by atoms with Gasteiger partial charge in [0.1, 0.15) is 11.6 Å². The maximum absolute atomic E-state index is 13.3. The van der Waals surface area contributed by atoms with E-state index < -0.39 is 23.8 Å². The number of benzene rings is 1. The lowest BCUT2D eigenvalue weighted by Gasteiger charge is -2.27. The van der Waals surface area contributed by atoms with Crippen LogP contribution in [0.1, 0.15) is 25.7 Å². The van der Waals surface area contributed by atoms with Gasteiger partial charge < -0.3 is 15.7 Å². The molecule has 1 saturated carbocycles. The van der Waals surface area contributed by atoms with Crippen molar-refractivity contribution in [2.45, 2.75) is 31.8 Å². The van der Waals surface area contributed by atoms with Crippen molar-refractivity contribution in [1.82, 2.24) is 5.32 Å². The number of hydrogen-bond donors (Lipinski definition) is 3. The van der Waals surface area contributed by atoms with Gasteiger partial charge in [0.15, 0.2) is 0 Å². The Kier molecular flexibility index (Phi) is 4.89. The number of hydrogen-bond acceptors (Lipinski definition) is 2. The molecule has 0 saturated heterocycles. The van der Waals surface area contributed by atoms with Crippen molar-refractivity contribution in [3.63, 3.8) is 0 Å². The molecule has 0 aliphatic heterocycles. The number of aliphatic hydroxyl groups excluding tert-OH is 1. The lowest BCUT2D eigenvalue weighted by Crippen LogP contribution is -2.38. The van der Waals surface area contributed by atoms with Crippen molar-refractivity contribution >= 4 is 11.7 Å². The second-order valence-corrected chi connectivity index (χ2v) is 5.07. The predicted octanol–water partition coefficient (Wildman–Crippen LogP) is 2.64. The van der Waals surface area contributed by atoms with Gasteiger partial charge in [-0.25, -0.2) is 13.6 Å². The molecule has 3 N–H and O–H groups in total. The molecule has 6 heteroatoms. The number of nitrogens with one attached hydrogen (secondary N) is 2. The number of rotatable bonds is 3. The number of carbonyl (C=O) groups excluding carboxylic acids is 1. The van der Waals surface area contributed by atoms with Gasteiger partial charge >= 0.3 is 6.03 Å². The molecule has 1 aliphatic rings. The standard InChI is InChI=1S/C14H18F2N2O2/c15-10-5-6-12(11(16)7-10)18-14(20)17-8-9-3-1-2-4-13(9)19/h5-7,9,13,19H,1-4,8H2,(H2,17,18,20). The monoisotopic (exact) mass is 284 g/mol. The fourth-order valence-corrected chi connectivity index (χ4v) is 2.41. The summed E-state index contributed by atoms with van der Waals surface area (Å²) < 4.78 is 26.1. The number of amides is 2. The van der Waals surface area contributed by atoms with E-state index in [-0.39, 0.29) is 11.6 Å². The molecule has 0 spiro atoms. The number of aliphatic hydroxyl groups is 1. The molecule has 2 atom stereocenters. The molecule has 20 heavy (non-hydrogen) atoms. The minimum absolute atomic E-state index is 0.0348. The van der Waals surface area contributed by atoms with Gasteiger partial charge in [0.25, 0.3) is 0 Å². The summed E-state index contributed by atoms with van der Waals surface area (Å²) in [7, 11) is 0. The first-order valence-corrected chi connectivity index (χ1v) is 6.74. The summed E-state index contributed by atoms with van der Waals surface area (Å²) >= 11 is 0. The van der Waals surface area contributed by atoms with Crippen LogP contribution in [-0.2, 0) is 0 Å². The Labute approximate surface area is 116 Å². The maximum Gasteiger partial charge on any atom is 0.319 e. The lowest BCUT2D eigenvalue weighted by molar-refractivity contribution is 0.0711. The van der Waals surface area contributed by atoms with E-state index in [1.54, 1.807) is 0 Å². The molecule has 0 aromatic heterocycles. The van der Waals surface area contributed by atoms with E-state index in [1.165, 1.54) is 6.07 Å². The lowest BCUT2D eigenvalue weighted by atomic mass is 9.86. The van der Waals surface area contributed by atoms with Gasteiger partial charge in [-0.2, -0.15) is 0 Å². The highest BCUT2D eigenvalue weighted by Crippen LogP contribution is 2.23. The molecule has 2 unspecified atom stereocenters. The normalized spacial score (nSPS) is 22.4. The van der Waals surface area contributed by atoms with E-state index in [1.807, 2.05) is 0 Å². The molecule has 0 heterocycles. The highest BCUT2D eigenvalue weighted by atomic mass is 19.1. The average molecular weight is 284 g/mol. The second-order valence-electron chi connectivity index (χ2n) is 5.07. The molecule has 1 aliphatic carbocycles. The van der Waals surface area contributed by atoms with E-state index in [0.29, 0.717) is 12.6 Å². The minimum Gasteiger partial charge on any atom is -0.393 e. The first-order chi connectivity index (χ1) is 9.56. The summed E-state index contributed by atoms with van der Waals surface area (Å²) in [6, 6.07) is 2.39. The van der Waals surface area contributed by atoms with E-state index >= 15 is 0 Å². The zero-order valence-corrected chi connectivity index (χ0v) is 11.0. The van der Waals surface area contributed by atoms with E-state index in [2.05, 4.69) is 10.6 Å². The SMILES string of the molecule is O=C(NCC1CCCCC1O)Nc1ccc(F)cc1F. The van der Waals surface area contributed by atoms with Gasteiger partial charge in [0.2, 0.25) is 0 Å². The van der Waals surface area contributed by atoms with Crippen LogP contribution in [0.2, 0.25) is 0 Å². The molecule has 4 nitrogen and oxygen atoms in total. The van der Waals surface area contributed by atoms with Gasteiger partial charge in [0, 0.05) is 18.5 Å². The molecular weight excluding hydrogens is 266 g/mol. The molecule has 2 rings (SSSR count). The van der Waals surface area contributed by atoms with Gasteiger partial charge in [0.05, 0.1) is 11.8 Å². The Bertz CT molecular complexity index is 482. The third kappa shape index (κ3) is 3.90. The fraction of sp³-hybridized carbons (Fsp3) is 0.500. The minimum atomic E-state index is -0.821. The van der Waals surface area contributed by atoms with E-state index in [0.717, 1.165) is 31.7 Å². The molecular formula is C14H18F2N2O2. The van der Waals surface area contributed by atoms with E-state index in [9.17, 15) is 18.7 Å². The maximum atomic E-state index is 13.3. The van der Waals surface area contributed by atoms with Crippen molar-refractivity contribution in [2.75, 3.05) is 11.9 Å². The van der Waals surface area contributed by atoms with Crippen LogP contribution >= 0.6 is 0 Å². The molecule has 0 radical (unpaired) electrons. The molecule has 0 bridgehead atoms. The first kappa shape index (κ1) is 14.7. The average Bonchev–Trinajstić information content (AvgIpc) is 2.41. The Morgan fingerprint density at radius 1 is 1.30 bits per heavy atom. The highest BCUT2D eigenvalue weighted by molar-refractivity contribution is 5.89. The van der Waals surface area contributed by atoms with Crippen LogP contribution in [0.25, 0.3) is 0 Å². The molecule has 1 fully saturated rings. The fourth-order valence-electron chi connectivity index (χ4n) is 2.41. The quantitative estimate of drug-likeness (QED) is 0.799. The molecule has 2 amide bonds. The predicted molar refractivity (Wildman–Crippen MR) is 71.3 cm³/mol. The molecule has 110 valence electrons. The molecule has 1 aromatic carbocycles. The smallest absolute Gasteiger partial charge is 0.319 e. The van der Waals surface area contributed by atoms with Crippen LogP contribution in [0.4, 0.5) is 19.3 Å². The van der Waals surface area contributed by atoms with Crippen molar-refractivity contribution in [3.05, 3.63) is 29.8 Å². The second kappa shape index (κ2) is 6.65. The van der Waals surface area contributed by atoms with Crippen molar-refractivity contribution in [1.29, 1.82) is 0 Å². The highest BCUT2D eigenvalue weighted by Gasteiger charge is 2.23. The van der Waals surface area contributed by atoms with Gasteiger partial charge in [-0.15, -0.1) is 0 Å². The summed E-state index contributed by atoms with van der Waals surface area (Å²) in [6.45, 7) is 0.343. The number of carbonyl (C=O) groups is 1. The first-order valence-electron chi connectivity index (χ1n) is 6.74. The van der Waals surface area contributed by atoms with Crippen LogP contribution < -0.4 is 10.6 Å². The van der Waals surface area contributed by atoms with Crippen LogP contribution in [0.15, 0.2) is 18.2 Å². The summed E-state index contributed by atoms with van der Waals surface area (Å²) in [5, 5.41) is 14.7. The number of urea groups is 1. The topological polar surface area (TPSA) is 61.4 Å². The van der Waals surface area contributed by atoms with Crippen LogP contribution in [0.3, 0.4) is 0 Å². The summed E-state index contributed by atoms with van der Waals surface area (Å²) in [6.07, 6.45) is 3.27. The largest absolute Gasteiger partial charge is 0.393 e. The summed E-state index contributed by atoms with van der Waals surface area (Å²) in [5.74, 6) is -1.48. The van der Waals surface area contributed by atoms with Gasteiger partial charge in [-0.1, -0.05) is 12.8 Å². The zero-order valence-electron chi connectivity index (χ0n) is 11.0. The summed E-state index contributed by atoms with van der Waals surface area (Å²) in [5.41, 5.74) is -0.0758. The molecule has 1 aromatic rings. The van der Waals surface area contributed by atoms with Crippen LogP contribution in [0.5, 0.6) is 0 Å². The van der Waals surface area contributed by atoms with Crippen LogP contribution in [-0.4, -0.2) is 23.8 Å². The van der Waals surface area contributed by atoms with E-state index in [4.69, 9.17) is 0 Å². The Balaban J connectivity index is 1.83. The third-order valence-corrected chi connectivity index (χ3v) is 3.57. The van der Waals surface area contributed by atoms with Crippen molar-refractivity contribution < 1.29 is 18.7 Å². The number of halogens is 2. The van der Waals surface area contributed by atoms with Crippen molar-refractivity contribution in [2.24, 2.45) is 5.92 Å².